The molecule has 6 rings (SSSR count). The van der Waals surface area contributed by atoms with Gasteiger partial charge in [-0.1, -0.05) is 49.4 Å². The third kappa shape index (κ3) is 5.76. The Bertz CT molecular complexity index is 1780. The molecule has 11 nitrogen and oxygen atoms in total. The molecule has 0 amide bonds. The molecule has 0 atom stereocenters. The molecule has 1 aromatic carbocycles. The third-order valence-corrected chi connectivity index (χ3v) is 8.58. The van der Waals surface area contributed by atoms with Gasteiger partial charge in [-0.05, 0) is 37.1 Å². The molecule has 40 heavy (non-hydrogen) atoms. The van der Waals surface area contributed by atoms with Crippen LogP contribution in [0.5, 0.6) is 0 Å². The van der Waals surface area contributed by atoms with Crippen molar-refractivity contribution in [3.63, 3.8) is 0 Å². The number of nitrogens with one attached hydrogen (secondary N) is 4. The molecule has 4 aromatic heterocycles. The summed E-state index contributed by atoms with van der Waals surface area (Å²) in [6, 6.07) is 14.0. The Kier molecular flexibility index (Phi) is 6.47. The molecule has 0 radical (unpaired) electrons. The van der Waals surface area contributed by atoms with Gasteiger partial charge in [0, 0.05) is 35.5 Å². The van der Waals surface area contributed by atoms with Gasteiger partial charge in [0.05, 0.1) is 29.7 Å². The minimum absolute atomic E-state index is 0.0823. The lowest BCUT2D eigenvalue weighted by molar-refractivity contribution is 0.330. The predicted octanol–water partition coefficient (Wildman–Crippen LogP) is 4.87. The van der Waals surface area contributed by atoms with Gasteiger partial charge in [-0.3, -0.25) is 4.40 Å². The molecule has 0 bridgehead atoms. The molecule has 210 valence electrons. The van der Waals surface area contributed by atoms with Crippen molar-refractivity contribution in [1.29, 1.82) is 0 Å². The molecule has 13 heteroatoms. The summed E-state index contributed by atoms with van der Waals surface area (Å²) in [4.78, 5) is 11.3. The van der Waals surface area contributed by atoms with Crippen molar-refractivity contribution in [2.75, 3.05) is 35.4 Å². The quantitative estimate of drug-likeness (QED) is 0.170. The molecule has 1 aliphatic rings. The first-order valence-corrected chi connectivity index (χ1v) is 15.7. The smallest absolute Gasteiger partial charge is 0.209 e. The zero-order valence-electron chi connectivity index (χ0n) is 22.8. The van der Waals surface area contributed by atoms with Gasteiger partial charge in [0.25, 0.3) is 0 Å². The van der Waals surface area contributed by atoms with E-state index in [9.17, 15) is 8.42 Å². The van der Waals surface area contributed by atoms with E-state index in [1.807, 2.05) is 48.7 Å². The predicted molar refractivity (Wildman–Crippen MR) is 160 cm³/mol. The average Bonchev–Trinajstić information content (AvgIpc) is 3.22. The van der Waals surface area contributed by atoms with E-state index in [1.54, 1.807) is 0 Å². The second-order valence-electron chi connectivity index (χ2n) is 11.3. The highest BCUT2D eigenvalue weighted by atomic mass is 32.2. The molecular weight excluding hydrogens is 548 g/mol. The summed E-state index contributed by atoms with van der Waals surface area (Å²) in [5, 5.41) is 13.9. The number of imidazole rings is 1. The van der Waals surface area contributed by atoms with Crippen molar-refractivity contribution in [3.05, 3.63) is 54.4 Å². The maximum absolute atomic E-state index is 11.6. The van der Waals surface area contributed by atoms with Crippen LogP contribution in [-0.4, -0.2) is 53.0 Å². The van der Waals surface area contributed by atoms with E-state index in [4.69, 9.17) is 14.5 Å². The van der Waals surface area contributed by atoms with E-state index < -0.39 is 15.6 Å². The van der Waals surface area contributed by atoms with E-state index in [1.165, 1.54) is 17.6 Å². The van der Waals surface area contributed by atoms with Crippen LogP contribution >= 0.6 is 11.3 Å². The summed E-state index contributed by atoms with van der Waals surface area (Å²) in [7, 11) is -3.25. The monoisotopic (exact) mass is 580 g/mol. The van der Waals surface area contributed by atoms with Crippen molar-refractivity contribution < 1.29 is 12.9 Å². The van der Waals surface area contributed by atoms with Gasteiger partial charge in [0.1, 0.15) is 16.4 Å². The molecule has 0 spiro atoms. The molecule has 5 aromatic rings. The van der Waals surface area contributed by atoms with Crippen LogP contribution in [0.2, 0.25) is 0 Å². The van der Waals surface area contributed by atoms with E-state index in [2.05, 4.69) is 51.0 Å². The largest absolute Gasteiger partial charge is 0.368 e. The number of aromatic nitrogens is 4. The Labute approximate surface area is 236 Å². The fraction of sp³-hybridized carbons (Fsp3) is 0.370. The molecule has 0 aliphatic heterocycles. The third-order valence-electron chi connectivity index (χ3n) is 6.82. The number of hydrogen-bond acceptors (Lipinski definition) is 10. The first-order chi connectivity index (χ1) is 19.0. The summed E-state index contributed by atoms with van der Waals surface area (Å²) >= 11 is 1.52. The van der Waals surface area contributed by atoms with E-state index in [0.717, 1.165) is 56.7 Å². The van der Waals surface area contributed by atoms with Crippen LogP contribution in [0.1, 0.15) is 39.4 Å². The van der Waals surface area contributed by atoms with Crippen LogP contribution < -0.4 is 20.7 Å². The fourth-order valence-corrected chi connectivity index (χ4v) is 6.49. The molecule has 4 N–H and O–H groups in total. The minimum atomic E-state index is -3.25. The molecular formula is C27H32N8O3S2. The average molecular weight is 581 g/mol. The highest BCUT2D eigenvalue weighted by molar-refractivity contribution is 7.88. The summed E-state index contributed by atoms with van der Waals surface area (Å²) in [5.74, 6) is 2.26. The Balaban J connectivity index is 1.09. The van der Waals surface area contributed by atoms with E-state index in [0.29, 0.717) is 19.0 Å². The summed E-state index contributed by atoms with van der Waals surface area (Å²) in [5.41, 5.74) is 3.38. The second kappa shape index (κ2) is 9.75. The first-order valence-electron chi connectivity index (χ1n) is 13.0. The Morgan fingerprint density at radius 3 is 2.48 bits per heavy atom. The minimum Gasteiger partial charge on any atom is -0.368 e. The Morgan fingerprint density at radius 2 is 1.80 bits per heavy atom. The highest BCUT2D eigenvalue weighted by Crippen LogP contribution is 2.36. The molecule has 4 heterocycles. The fourth-order valence-electron chi connectivity index (χ4n) is 4.45. The van der Waals surface area contributed by atoms with E-state index in [-0.39, 0.29) is 5.41 Å². The van der Waals surface area contributed by atoms with Gasteiger partial charge in [-0.2, -0.15) is 0 Å². The normalized spacial score (nSPS) is 15.0. The zero-order chi connectivity index (χ0) is 28.1. The Hall–Kier alpha value is -3.68. The molecule has 1 saturated carbocycles. The van der Waals surface area contributed by atoms with Crippen LogP contribution in [-0.2, 0) is 15.4 Å². The lowest BCUT2D eigenvalue weighted by Gasteiger charge is -2.16. The van der Waals surface area contributed by atoms with Crippen LogP contribution in [0.25, 0.3) is 26.6 Å². The van der Waals surface area contributed by atoms with Crippen molar-refractivity contribution >= 4 is 54.0 Å². The number of pyridine rings is 1. The van der Waals surface area contributed by atoms with E-state index >= 15 is 0 Å². The summed E-state index contributed by atoms with van der Waals surface area (Å²) < 4.78 is 33.5. The summed E-state index contributed by atoms with van der Waals surface area (Å²) in [6.07, 6.45) is 4.86. The van der Waals surface area contributed by atoms with Crippen LogP contribution in [0.15, 0.2) is 53.2 Å². The topological polar surface area (TPSA) is 138 Å². The number of fused-ring (bicyclic) bond motifs is 3. The number of sulfonamides is 1. The zero-order valence-corrected chi connectivity index (χ0v) is 24.4. The summed E-state index contributed by atoms with van der Waals surface area (Å²) in [6.45, 7) is 7.28. The van der Waals surface area contributed by atoms with Gasteiger partial charge in [0.2, 0.25) is 10.0 Å². The van der Waals surface area contributed by atoms with Crippen molar-refractivity contribution in [2.45, 2.75) is 44.6 Å². The Morgan fingerprint density at radius 1 is 1.02 bits per heavy atom. The van der Waals surface area contributed by atoms with Crippen molar-refractivity contribution in [3.8, 4) is 11.3 Å². The van der Waals surface area contributed by atoms with Gasteiger partial charge >= 0.3 is 0 Å². The van der Waals surface area contributed by atoms with Crippen LogP contribution in [0, 0.1) is 0 Å². The highest BCUT2D eigenvalue weighted by Gasteiger charge is 2.44. The number of anilines is 3. The lowest BCUT2D eigenvalue weighted by Crippen LogP contribution is -2.41. The van der Waals surface area contributed by atoms with Gasteiger partial charge in [-0.25, -0.2) is 23.1 Å². The number of nitrogens with zero attached hydrogens (tertiary/aromatic N) is 4. The van der Waals surface area contributed by atoms with Crippen LogP contribution in [0.4, 0.5) is 17.3 Å². The van der Waals surface area contributed by atoms with Crippen LogP contribution in [0.3, 0.4) is 0 Å². The first kappa shape index (κ1) is 26.5. The SMILES string of the molecule is CC(C)(C)c1cc(NCNc2ccc(-c3cn4c(n3)sc3nc(NCC5(NS(C)(=O)=O)CC5)ccc34)cc2)no1. The number of hydrogen-bond donors (Lipinski definition) is 4. The van der Waals surface area contributed by atoms with Gasteiger partial charge in [0.15, 0.2) is 10.8 Å². The van der Waals surface area contributed by atoms with Crippen molar-refractivity contribution in [1.82, 2.24) is 24.2 Å². The maximum atomic E-state index is 11.6. The van der Waals surface area contributed by atoms with Crippen molar-refractivity contribution in [2.24, 2.45) is 0 Å². The number of benzene rings is 1. The number of thiazole rings is 1. The standard InChI is InChI=1S/C27H32N8O3S2/c1-26(2,3)21-13-23(33-38-21)30-16-29-18-7-5-17(6-8-18)19-14-35-20-9-10-22(32-24(20)39-25(35)31-19)28-15-27(11-12-27)34-40(4,36)37/h5-10,13-14,29,34H,11-12,15-16H2,1-4H3,(H,28,32)(H,30,33). The molecule has 1 aliphatic carbocycles. The molecule has 0 unspecified atom stereocenters. The molecule has 1 fully saturated rings. The molecule has 0 saturated heterocycles. The second-order valence-corrected chi connectivity index (χ2v) is 14.0. The van der Waals surface area contributed by atoms with Gasteiger partial charge < -0.3 is 20.5 Å². The lowest BCUT2D eigenvalue weighted by atomic mass is 9.93. The number of rotatable bonds is 10. The maximum Gasteiger partial charge on any atom is 0.209 e. The van der Waals surface area contributed by atoms with Gasteiger partial charge in [-0.15, -0.1) is 0 Å².